The monoisotopic (exact) mass is 1560 g/mol. The highest BCUT2D eigenvalue weighted by atomic mass is 31.2. The van der Waals surface area contributed by atoms with Crippen LogP contribution in [0.3, 0.4) is 0 Å². The minimum absolute atomic E-state index is 0.0141. The van der Waals surface area contributed by atoms with Gasteiger partial charge in [-0.1, -0.05) is 25.7 Å². The molecular formula is C72H110N10O24P2. The number of aromatic nitrogens is 8. The Hall–Kier alpha value is -6.68. The Morgan fingerprint density at radius 1 is 0.546 bits per heavy atom. The number of amides is 2. The van der Waals surface area contributed by atoms with E-state index >= 15 is 0 Å². The second kappa shape index (κ2) is 34.5. The van der Waals surface area contributed by atoms with Crippen LogP contribution in [0.4, 0.5) is 21.2 Å². The Kier molecular flexibility index (Phi) is 27.3. The molecule has 0 bridgehead atoms. The lowest BCUT2D eigenvalue weighted by atomic mass is 10.1. The van der Waals surface area contributed by atoms with Gasteiger partial charge in [0.05, 0.1) is 82.4 Å². The first-order chi connectivity index (χ1) is 50.7. The van der Waals surface area contributed by atoms with E-state index in [-0.39, 0.29) is 101 Å². The maximum atomic E-state index is 13.9. The van der Waals surface area contributed by atoms with Gasteiger partial charge in [0.15, 0.2) is 52.8 Å². The zero-order valence-corrected chi connectivity index (χ0v) is 67.8. The predicted octanol–water partition coefficient (Wildman–Crippen LogP) is 11.4. The molecule has 0 aromatic carbocycles. The molecule has 2 saturated carbocycles. The van der Waals surface area contributed by atoms with Crippen molar-refractivity contribution in [1.82, 2.24) is 39.5 Å². The van der Waals surface area contributed by atoms with Crippen LogP contribution in [0.5, 0.6) is 0 Å². The first-order valence-corrected chi connectivity index (χ1v) is 41.5. The Morgan fingerprint density at radius 3 is 1.34 bits per heavy atom. The quantitative estimate of drug-likeness (QED) is 0.0211. The van der Waals surface area contributed by atoms with E-state index in [2.05, 4.69) is 0 Å². The van der Waals surface area contributed by atoms with Crippen LogP contribution in [-0.2, 0) is 110 Å². The van der Waals surface area contributed by atoms with Gasteiger partial charge < -0.3 is 75.4 Å². The molecule has 4 unspecified atom stereocenters. The molecule has 4 saturated heterocycles. The number of aryl methyl sites for hydroxylation is 1. The number of carbonyl (C=O) groups is 6. The Balaban J connectivity index is 0.000000249. The lowest BCUT2D eigenvalue weighted by Crippen LogP contribution is -2.44. The van der Waals surface area contributed by atoms with Crippen LogP contribution in [0.15, 0.2) is 18.5 Å². The van der Waals surface area contributed by atoms with Crippen LogP contribution in [0.2, 0.25) is 0 Å². The van der Waals surface area contributed by atoms with Gasteiger partial charge in [0.1, 0.15) is 53.7 Å². The van der Waals surface area contributed by atoms with Crippen LogP contribution < -0.4 is 9.80 Å². The lowest BCUT2D eigenvalue weighted by Gasteiger charge is -2.34. The Morgan fingerprint density at radius 2 is 0.944 bits per heavy atom. The number of ether oxygens (including phenoxy) is 14. The van der Waals surface area contributed by atoms with Crippen molar-refractivity contribution in [3.8, 4) is 0 Å². The van der Waals surface area contributed by atoms with Crippen molar-refractivity contribution in [1.29, 1.82) is 0 Å². The average Bonchev–Trinajstić information content (AvgIpc) is 1.58. The van der Waals surface area contributed by atoms with Crippen LogP contribution >= 0.6 is 14.7 Å². The van der Waals surface area contributed by atoms with E-state index in [1.54, 1.807) is 138 Å². The number of fused-ring (bicyclic) bond motifs is 4. The molecule has 10 rings (SSSR count). The number of rotatable bonds is 29. The number of hydrogen-bond acceptors (Lipinski definition) is 30. The van der Waals surface area contributed by atoms with Crippen LogP contribution in [0.25, 0.3) is 28.1 Å². The first kappa shape index (κ1) is 85.3. The molecule has 36 heteroatoms. The van der Waals surface area contributed by atoms with Gasteiger partial charge in [0.25, 0.3) is 0 Å². The fraction of sp³-hybridized carbons (Fsp3) is 0.750. The van der Waals surface area contributed by atoms with Crippen molar-refractivity contribution >= 4 is 90.6 Å². The lowest BCUT2D eigenvalue weighted by molar-refractivity contribution is -0.207. The third kappa shape index (κ3) is 19.3. The summed E-state index contributed by atoms with van der Waals surface area (Å²) in [5.41, 5.74) is -0.954. The van der Waals surface area contributed by atoms with Gasteiger partial charge in [-0.3, -0.25) is 23.7 Å². The van der Waals surface area contributed by atoms with Crippen LogP contribution in [0.1, 0.15) is 207 Å². The summed E-state index contributed by atoms with van der Waals surface area (Å²) >= 11 is 0. The topological polar surface area (TPSA) is 378 Å². The summed E-state index contributed by atoms with van der Waals surface area (Å²) in [6.45, 7) is 33.6. The summed E-state index contributed by atoms with van der Waals surface area (Å²) in [7, 11) is -7.43. The minimum Gasteiger partial charge on any atom is -0.466 e. The Labute approximate surface area is 630 Å². The number of nitrogens with zero attached hydrogens (tertiary/aromatic N) is 10. The van der Waals surface area contributed by atoms with E-state index in [9.17, 15) is 37.9 Å². The van der Waals surface area contributed by atoms with Crippen molar-refractivity contribution < 1.29 is 113 Å². The maximum absolute atomic E-state index is 13.9. The van der Waals surface area contributed by atoms with Crippen molar-refractivity contribution in [2.24, 2.45) is 0 Å². The van der Waals surface area contributed by atoms with Gasteiger partial charge in [-0.05, 0) is 156 Å². The molecule has 6 aliphatic rings. The van der Waals surface area contributed by atoms with E-state index in [0.717, 1.165) is 51.4 Å². The van der Waals surface area contributed by atoms with E-state index in [4.69, 9.17) is 105 Å². The predicted molar refractivity (Wildman–Crippen MR) is 391 cm³/mol. The highest BCUT2D eigenvalue weighted by Crippen LogP contribution is 2.59. The fourth-order valence-electron chi connectivity index (χ4n) is 13.8. The molecule has 0 N–H and O–H groups in total. The number of anilines is 2. The summed E-state index contributed by atoms with van der Waals surface area (Å²) in [4.78, 5) is 101. The molecule has 4 aliphatic heterocycles. The molecule has 602 valence electrons. The zero-order chi connectivity index (χ0) is 79.3. The van der Waals surface area contributed by atoms with Crippen LogP contribution in [0, 0.1) is 0 Å². The molecule has 0 radical (unpaired) electrons. The van der Waals surface area contributed by atoms with Crippen LogP contribution in [-0.4, -0.2) is 224 Å². The summed E-state index contributed by atoms with van der Waals surface area (Å²) < 4.78 is 125. The summed E-state index contributed by atoms with van der Waals surface area (Å²) in [5.74, 6) is -3.76. The SMILES string of the molecule is CCOC(=O)/C=C/c1nc(N(C(=O)OC(C)(C)C)C2CCCC2)c2cnn([C@@H]3O[C@H](COC(C)(C(=O)OCC)P(C)(=O)OCC)[C@H]4OC(C)(C)O[C@H]43)c2n1.CCOC(=O)CCc1nc(N(C(=O)OC(C)(C)C)C2CCCC2)c2cnn([C@@H]3O[C@H](COC(C)(C(=O)OCC)P(C)(=O)OCC)[C@H]4OC(C)(C)O[C@H]43)c2n1. The summed E-state index contributed by atoms with van der Waals surface area (Å²) in [6, 6.07) is -0.385. The number of esters is 4. The molecule has 12 atom stereocenters. The smallest absolute Gasteiger partial charge is 0.416 e. The standard InChI is InChI=1S/C36H56N5O12P.C36H54N5O12P/c2*1-11-46-26(42)19-18-25-38-29(40(22-16-14-15-17-22)33(44)53-34(4,5)6)23-20-37-41(30(23)39-25)31-28-27(51-35(7,8)52-28)24(50-31)21-48-36(9,32(43)47-12-2)54(10,45)49-13-3/h20,22,24,27-28,31H,11-19,21H2,1-10H3;18-20,22,24,27-28,31H,11-17,21H2,1-10H3/b;19-18+/t2*24-,27-,28-,31-,36?,54?/m11/s1. The third-order valence-corrected chi connectivity index (χ3v) is 24.1. The second-order valence-electron chi connectivity index (χ2n) is 30.3. The van der Waals surface area contributed by atoms with Gasteiger partial charge in [0, 0.05) is 37.9 Å². The van der Waals surface area contributed by atoms with E-state index in [1.807, 2.05) is 0 Å². The highest BCUT2D eigenvalue weighted by Gasteiger charge is 2.61. The summed E-state index contributed by atoms with van der Waals surface area (Å²) in [6.07, 6.45) is 5.00. The molecule has 108 heavy (non-hydrogen) atoms. The van der Waals surface area contributed by atoms with E-state index in [0.29, 0.717) is 22.2 Å². The van der Waals surface area contributed by atoms with Gasteiger partial charge in [0.2, 0.25) is 25.4 Å². The van der Waals surface area contributed by atoms with Gasteiger partial charge in [-0.2, -0.15) is 10.2 Å². The summed E-state index contributed by atoms with van der Waals surface area (Å²) in [5, 5.41) is 6.42. The first-order valence-electron chi connectivity index (χ1n) is 37.3. The minimum atomic E-state index is -3.72. The molecule has 8 heterocycles. The van der Waals surface area contributed by atoms with E-state index in [1.165, 1.54) is 44.0 Å². The molecule has 6 fully saturated rings. The molecule has 4 aromatic rings. The van der Waals surface area contributed by atoms with Gasteiger partial charge >= 0.3 is 36.1 Å². The maximum Gasteiger partial charge on any atom is 0.416 e. The normalized spacial score (nSPS) is 24.9. The number of hydrogen-bond donors (Lipinski definition) is 0. The molecule has 0 spiro atoms. The third-order valence-electron chi connectivity index (χ3n) is 18.9. The molecule has 4 aromatic heterocycles. The highest BCUT2D eigenvalue weighted by molar-refractivity contribution is 7.61. The second-order valence-corrected chi connectivity index (χ2v) is 35.9. The average molecular weight is 1560 g/mol. The molecular weight excluding hydrogens is 1450 g/mol. The van der Waals surface area contributed by atoms with E-state index < -0.39 is 133 Å². The van der Waals surface area contributed by atoms with Crippen molar-refractivity contribution in [3.63, 3.8) is 0 Å². The molecule has 34 nitrogen and oxygen atoms in total. The van der Waals surface area contributed by atoms with Crippen molar-refractivity contribution in [2.75, 3.05) is 76.0 Å². The molecule has 2 amide bonds. The number of carbonyl (C=O) groups excluding carboxylic acids is 6. The van der Waals surface area contributed by atoms with Crippen molar-refractivity contribution in [2.45, 2.75) is 283 Å². The van der Waals surface area contributed by atoms with Gasteiger partial charge in [-0.15, -0.1) is 0 Å². The Bertz CT molecular complexity index is 3990. The fourth-order valence-corrected chi connectivity index (χ4v) is 16.7. The largest absolute Gasteiger partial charge is 0.466 e. The molecule has 2 aliphatic carbocycles. The van der Waals surface area contributed by atoms with Crippen molar-refractivity contribution in [3.05, 3.63) is 30.1 Å². The van der Waals surface area contributed by atoms with Gasteiger partial charge in [-0.25, -0.2) is 53.3 Å². The zero-order valence-electron chi connectivity index (χ0n) is 66.0.